The zero-order chi connectivity index (χ0) is 22.9. The number of anilines is 1. The number of carbonyl (C=O) groups is 1. The molecule has 1 fully saturated rings. The second-order valence-electron chi connectivity index (χ2n) is 9.33. The Bertz CT molecular complexity index is 1150. The Morgan fingerprint density at radius 2 is 1.85 bits per heavy atom. The third-order valence-corrected chi connectivity index (χ3v) is 6.93. The van der Waals surface area contributed by atoms with Gasteiger partial charge in [-0.15, -0.1) is 0 Å². The van der Waals surface area contributed by atoms with Gasteiger partial charge in [0.05, 0.1) is 5.69 Å². The Hall–Kier alpha value is -3.15. The molecule has 0 bridgehead atoms. The number of hydrogen-bond acceptors (Lipinski definition) is 3. The second-order valence-corrected chi connectivity index (χ2v) is 9.33. The molecular formula is C27H31FN4O. The summed E-state index contributed by atoms with van der Waals surface area (Å²) in [4.78, 5) is 22.8. The number of benzene rings is 2. The minimum Gasteiger partial charge on any atom is -0.365 e. The highest BCUT2D eigenvalue weighted by Crippen LogP contribution is 2.29. The lowest BCUT2D eigenvalue weighted by Crippen LogP contribution is -2.54. The van der Waals surface area contributed by atoms with E-state index in [-0.39, 0.29) is 17.8 Å². The van der Waals surface area contributed by atoms with Crippen LogP contribution in [0.15, 0.2) is 48.5 Å². The van der Waals surface area contributed by atoms with Gasteiger partial charge in [-0.1, -0.05) is 36.2 Å². The number of amides is 1. The van der Waals surface area contributed by atoms with Gasteiger partial charge in [-0.05, 0) is 57.4 Å². The number of aromatic nitrogens is 2. The van der Waals surface area contributed by atoms with Gasteiger partial charge in [0, 0.05) is 43.5 Å². The Morgan fingerprint density at radius 3 is 2.61 bits per heavy atom. The number of carbonyl (C=O) groups excluding carboxylic acids is 1. The molecule has 0 spiro atoms. The molecule has 0 radical (unpaired) electrons. The number of fused-ring (bicyclic) bond motifs is 1. The molecular weight excluding hydrogens is 415 g/mol. The number of piperazine rings is 1. The molecule has 2 aliphatic heterocycles. The van der Waals surface area contributed by atoms with Crippen molar-refractivity contribution >= 4 is 11.6 Å². The molecule has 33 heavy (non-hydrogen) atoms. The van der Waals surface area contributed by atoms with Crippen LogP contribution in [0.1, 0.15) is 47.9 Å². The van der Waals surface area contributed by atoms with Gasteiger partial charge in [-0.25, -0.2) is 9.37 Å². The van der Waals surface area contributed by atoms with Crippen LogP contribution in [0.2, 0.25) is 0 Å². The van der Waals surface area contributed by atoms with Crippen LogP contribution in [0.3, 0.4) is 0 Å². The Kier molecular flexibility index (Phi) is 5.92. The molecule has 0 saturated carbocycles. The van der Waals surface area contributed by atoms with Crippen LogP contribution in [0.25, 0.3) is 11.4 Å². The van der Waals surface area contributed by atoms with Gasteiger partial charge in [0.25, 0.3) is 5.91 Å². The molecule has 6 heteroatoms. The molecule has 0 unspecified atom stereocenters. The fourth-order valence-electron chi connectivity index (χ4n) is 5.15. The van der Waals surface area contributed by atoms with E-state index in [1.54, 1.807) is 6.07 Å². The molecule has 172 valence electrons. The maximum absolute atomic E-state index is 13.9. The van der Waals surface area contributed by atoms with Crippen molar-refractivity contribution in [3.63, 3.8) is 0 Å². The van der Waals surface area contributed by atoms with E-state index >= 15 is 0 Å². The first-order chi connectivity index (χ1) is 16.0. The van der Waals surface area contributed by atoms with E-state index in [0.29, 0.717) is 24.6 Å². The van der Waals surface area contributed by atoms with Crippen LogP contribution in [0, 0.1) is 12.7 Å². The van der Waals surface area contributed by atoms with Gasteiger partial charge in [0.15, 0.2) is 0 Å². The van der Waals surface area contributed by atoms with Gasteiger partial charge in [0.1, 0.15) is 17.3 Å². The molecule has 0 aliphatic carbocycles. The van der Waals surface area contributed by atoms with Gasteiger partial charge in [-0.3, -0.25) is 4.79 Å². The predicted octanol–water partition coefficient (Wildman–Crippen LogP) is 5.07. The van der Waals surface area contributed by atoms with Gasteiger partial charge < -0.3 is 14.4 Å². The fraction of sp³-hybridized carbons (Fsp3) is 0.407. The highest BCUT2D eigenvalue weighted by Gasteiger charge is 2.32. The zero-order valence-corrected chi connectivity index (χ0v) is 19.4. The van der Waals surface area contributed by atoms with Crippen molar-refractivity contribution in [3.05, 3.63) is 71.3 Å². The largest absolute Gasteiger partial charge is 0.365 e. The molecule has 1 saturated heterocycles. The molecule has 1 atom stereocenters. The molecule has 0 N–H and O–H groups in total. The van der Waals surface area contributed by atoms with E-state index in [0.717, 1.165) is 50.0 Å². The summed E-state index contributed by atoms with van der Waals surface area (Å²) in [7, 11) is 0. The second kappa shape index (κ2) is 9.00. The minimum absolute atomic E-state index is 0.00120. The van der Waals surface area contributed by atoms with Gasteiger partial charge in [0.2, 0.25) is 0 Å². The average Bonchev–Trinajstić information content (AvgIpc) is 3.00. The van der Waals surface area contributed by atoms with Crippen LogP contribution in [0.5, 0.6) is 0 Å². The number of imidazole rings is 1. The first-order valence-electron chi connectivity index (χ1n) is 12.0. The monoisotopic (exact) mass is 446 g/mol. The number of rotatable bonds is 3. The van der Waals surface area contributed by atoms with E-state index < -0.39 is 0 Å². The van der Waals surface area contributed by atoms with E-state index in [1.807, 2.05) is 11.0 Å². The third kappa shape index (κ3) is 4.26. The summed E-state index contributed by atoms with van der Waals surface area (Å²) in [5.41, 5.74) is 4.73. The lowest BCUT2D eigenvalue weighted by atomic mass is 10.1. The molecule has 2 aliphatic rings. The van der Waals surface area contributed by atoms with Crippen LogP contribution in [-0.4, -0.2) is 46.0 Å². The van der Waals surface area contributed by atoms with Crippen molar-refractivity contribution in [2.45, 2.75) is 52.1 Å². The summed E-state index contributed by atoms with van der Waals surface area (Å²) >= 11 is 0. The molecule has 3 aromatic rings. The summed E-state index contributed by atoms with van der Waals surface area (Å²) in [5, 5.41) is 0. The Balaban J connectivity index is 1.42. The highest BCUT2D eigenvalue weighted by atomic mass is 19.1. The maximum Gasteiger partial charge on any atom is 0.274 e. The summed E-state index contributed by atoms with van der Waals surface area (Å²) in [6.45, 7) is 7.20. The van der Waals surface area contributed by atoms with E-state index in [9.17, 15) is 9.18 Å². The van der Waals surface area contributed by atoms with E-state index in [4.69, 9.17) is 4.98 Å². The zero-order valence-electron chi connectivity index (χ0n) is 19.4. The predicted molar refractivity (Wildman–Crippen MR) is 129 cm³/mol. The van der Waals surface area contributed by atoms with Crippen LogP contribution < -0.4 is 4.90 Å². The van der Waals surface area contributed by atoms with E-state index in [1.165, 1.54) is 23.4 Å². The number of halogens is 1. The minimum atomic E-state index is -0.285. The Morgan fingerprint density at radius 1 is 1.03 bits per heavy atom. The van der Waals surface area contributed by atoms with E-state index in [2.05, 4.69) is 47.6 Å². The molecule has 1 amide bonds. The van der Waals surface area contributed by atoms with Crippen LogP contribution in [0.4, 0.5) is 10.1 Å². The molecule has 2 aromatic carbocycles. The number of nitrogens with zero attached hydrogens (tertiary/aromatic N) is 4. The normalized spacial score (nSPS) is 18.7. The third-order valence-electron chi connectivity index (χ3n) is 6.93. The first kappa shape index (κ1) is 21.7. The van der Waals surface area contributed by atoms with Crippen LogP contribution >= 0.6 is 0 Å². The molecule has 5 nitrogen and oxygen atoms in total. The summed E-state index contributed by atoms with van der Waals surface area (Å²) in [6.07, 6.45) is 4.06. The van der Waals surface area contributed by atoms with Crippen molar-refractivity contribution in [1.29, 1.82) is 0 Å². The topological polar surface area (TPSA) is 41.4 Å². The highest BCUT2D eigenvalue weighted by molar-refractivity contribution is 5.94. The van der Waals surface area contributed by atoms with Crippen molar-refractivity contribution in [2.75, 3.05) is 24.5 Å². The van der Waals surface area contributed by atoms with Gasteiger partial charge in [-0.2, -0.15) is 0 Å². The van der Waals surface area contributed by atoms with Gasteiger partial charge >= 0.3 is 0 Å². The lowest BCUT2D eigenvalue weighted by Gasteiger charge is -2.41. The number of hydrogen-bond donors (Lipinski definition) is 0. The first-order valence-corrected chi connectivity index (χ1v) is 12.0. The smallest absolute Gasteiger partial charge is 0.274 e. The van der Waals surface area contributed by atoms with Crippen molar-refractivity contribution < 1.29 is 9.18 Å². The SMILES string of the molecule is Cc1ccc(N2CCN(C(=O)c3nc(-c4cccc(F)c4)n4c3CCCCC4)C[C@H]2C)cc1. The standard InChI is InChI=1S/C27H31FN4O/c1-19-10-12-23(13-11-19)31-16-15-30(18-20(31)2)27(33)25-24-9-4-3-5-14-32(24)26(29-25)21-7-6-8-22(28)17-21/h6-8,10-13,17,20H,3-5,9,14-16,18H2,1-2H3/t20-/m1/s1. The molecule has 5 rings (SSSR count). The Labute approximate surface area is 194 Å². The quantitative estimate of drug-likeness (QED) is 0.564. The average molecular weight is 447 g/mol. The number of aryl methyl sites for hydroxylation is 1. The van der Waals surface area contributed by atoms with Crippen molar-refractivity contribution in [2.24, 2.45) is 0 Å². The van der Waals surface area contributed by atoms with Crippen molar-refractivity contribution in [1.82, 2.24) is 14.5 Å². The van der Waals surface area contributed by atoms with Crippen molar-refractivity contribution in [3.8, 4) is 11.4 Å². The van der Waals surface area contributed by atoms with Crippen LogP contribution in [-0.2, 0) is 13.0 Å². The summed E-state index contributed by atoms with van der Waals surface area (Å²) in [5.74, 6) is 0.423. The maximum atomic E-state index is 13.9. The summed E-state index contributed by atoms with van der Waals surface area (Å²) < 4.78 is 16.1. The molecule has 3 heterocycles. The summed E-state index contributed by atoms with van der Waals surface area (Å²) in [6, 6.07) is 15.3. The fourth-order valence-corrected chi connectivity index (χ4v) is 5.15. The lowest BCUT2D eigenvalue weighted by molar-refractivity contribution is 0.0719. The molecule has 1 aromatic heterocycles.